The Morgan fingerprint density at radius 3 is 2.74 bits per heavy atom. The lowest BCUT2D eigenvalue weighted by Crippen LogP contribution is -2.15. The molecule has 4 heteroatoms. The zero-order valence-electron chi connectivity index (χ0n) is 12.2. The van der Waals surface area contributed by atoms with E-state index in [1.807, 2.05) is 56.6 Å². The molecule has 1 rings (SSSR count). The maximum absolute atomic E-state index is 5.52. The second kappa shape index (κ2) is 12.8. The minimum Gasteiger partial charge on any atom is -0.401 e. The Kier molecular flexibility index (Phi) is 11.7. The summed E-state index contributed by atoms with van der Waals surface area (Å²) < 4.78 is 0. The van der Waals surface area contributed by atoms with Crippen LogP contribution in [0.5, 0.6) is 0 Å². The second-order valence-corrected chi connectivity index (χ2v) is 3.90. The van der Waals surface area contributed by atoms with Gasteiger partial charge in [0.1, 0.15) is 0 Å². The predicted octanol–water partition coefficient (Wildman–Crippen LogP) is 1.82. The summed E-state index contributed by atoms with van der Waals surface area (Å²) in [6.45, 7) is 6.67. The molecule has 106 valence electrons. The summed E-state index contributed by atoms with van der Waals surface area (Å²) in [5.74, 6) is 0. The van der Waals surface area contributed by atoms with Gasteiger partial charge in [0.2, 0.25) is 0 Å². The Hall–Kier alpha value is -1.65. The Bertz CT molecular complexity index is 358. The van der Waals surface area contributed by atoms with Crippen molar-refractivity contribution in [2.75, 3.05) is 20.1 Å². The highest BCUT2D eigenvalue weighted by Gasteiger charge is 1.87. The predicted molar refractivity (Wildman–Crippen MR) is 82.6 cm³/mol. The summed E-state index contributed by atoms with van der Waals surface area (Å²) in [5, 5.41) is 6.15. The largest absolute Gasteiger partial charge is 0.401 e. The lowest BCUT2D eigenvalue weighted by molar-refractivity contribution is 0.711. The molecule has 19 heavy (non-hydrogen) atoms. The molecule has 0 spiro atoms. The molecule has 0 aromatic carbocycles. The SMILES string of the molecule is C/C=C\C=C(/N)CNC.CCNCc1ccccn1. The summed E-state index contributed by atoms with van der Waals surface area (Å²) in [7, 11) is 1.87. The molecular formula is C15H26N4. The fraction of sp³-hybridized carbons (Fsp3) is 0.400. The molecule has 1 aromatic heterocycles. The van der Waals surface area contributed by atoms with Gasteiger partial charge in [0.15, 0.2) is 0 Å². The van der Waals surface area contributed by atoms with Gasteiger partial charge >= 0.3 is 0 Å². The average molecular weight is 262 g/mol. The van der Waals surface area contributed by atoms with Crippen molar-refractivity contribution in [3.8, 4) is 0 Å². The molecule has 0 bridgehead atoms. The fourth-order valence-electron chi connectivity index (χ4n) is 1.24. The summed E-state index contributed by atoms with van der Waals surface area (Å²) in [6, 6.07) is 5.94. The van der Waals surface area contributed by atoms with Gasteiger partial charge in [-0.25, -0.2) is 0 Å². The lowest BCUT2D eigenvalue weighted by atomic mass is 10.3. The number of rotatable bonds is 6. The van der Waals surface area contributed by atoms with E-state index < -0.39 is 0 Å². The Morgan fingerprint density at radius 2 is 2.21 bits per heavy atom. The van der Waals surface area contributed by atoms with Crippen LogP contribution in [0.3, 0.4) is 0 Å². The molecule has 1 heterocycles. The number of hydrogen-bond donors (Lipinski definition) is 3. The van der Waals surface area contributed by atoms with E-state index in [4.69, 9.17) is 5.73 Å². The van der Waals surface area contributed by atoms with Crippen molar-refractivity contribution in [1.29, 1.82) is 0 Å². The molecular weight excluding hydrogens is 236 g/mol. The van der Waals surface area contributed by atoms with Gasteiger partial charge in [0, 0.05) is 25.0 Å². The van der Waals surface area contributed by atoms with Crippen molar-refractivity contribution >= 4 is 0 Å². The van der Waals surface area contributed by atoms with E-state index in [-0.39, 0.29) is 0 Å². The molecule has 4 nitrogen and oxygen atoms in total. The minimum atomic E-state index is 0.754. The average Bonchev–Trinajstić information content (AvgIpc) is 2.45. The first kappa shape index (κ1) is 17.4. The third-order valence-electron chi connectivity index (χ3n) is 2.17. The summed E-state index contributed by atoms with van der Waals surface area (Å²) in [5.41, 5.74) is 7.48. The molecule has 0 aliphatic heterocycles. The van der Waals surface area contributed by atoms with E-state index in [9.17, 15) is 0 Å². The van der Waals surface area contributed by atoms with Crippen LogP contribution in [0.4, 0.5) is 0 Å². The maximum Gasteiger partial charge on any atom is 0.0541 e. The Labute approximate surface area is 116 Å². The van der Waals surface area contributed by atoms with E-state index in [1.54, 1.807) is 0 Å². The van der Waals surface area contributed by atoms with E-state index in [1.165, 1.54) is 0 Å². The van der Waals surface area contributed by atoms with Crippen LogP contribution in [0.2, 0.25) is 0 Å². The monoisotopic (exact) mass is 262 g/mol. The van der Waals surface area contributed by atoms with E-state index in [2.05, 4.69) is 22.5 Å². The van der Waals surface area contributed by atoms with Crippen LogP contribution in [0.1, 0.15) is 19.5 Å². The van der Waals surface area contributed by atoms with Crippen molar-refractivity contribution in [1.82, 2.24) is 15.6 Å². The number of nitrogens with zero attached hydrogens (tertiary/aromatic N) is 1. The second-order valence-electron chi connectivity index (χ2n) is 3.90. The molecule has 0 saturated carbocycles. The number of nitrogens with one attached hydrogen (secondary N) is 2. The first-order chi connectivity index (χ1) is 9.24. The quantitative estimate of drug-likeness (QED) is 0.684. The highest BCUT2D eigenvalue weighted by molar-refractivity contribution is 5.09. The molecule has 1 aromatic rings. The summed E-state index contributed by atoms with van der Waals surface area (Å²) in [4.78, 5) is 4.15. The van der Waals surface area contributed by atoms with Gasteiger partial charge in [-0.1, -0.05) is 25.1 Å². The summed E-state index contributed by atoms with van der Waals surface area (Å²) >= 11 is 0. The van der Waals surface area contributed by atoms with Crippen LogP contribution in [0, 0.1) is 0 Å². The van der Waals surface area contributed by atoms with Gasteiger partial charge in [-0.2, -0.15) is 0 Å². The zero-order valence-corrected chi connectivity index (χ0v) is 12.2. The maximum atomic E-state index is 5.52. The van der Waals surface area contributed by atoms with E-state index in [0.29, 0.717) is 0 Å². The topological polar surface area (TPSA) is 63.0 Å². The van der Waals surface area contributed by atoms with Crippen LogP contribution >= 0.6 is 0 Å². The fourth-order valence-corrected chi connectivity index (χ4v) is 1.24. The molecule has 0 aliphatic rings. The molecule has 0 radical (unpaired) electrons. The zero-order chi connectivity index (χ0) is 14.3. The van der Waals surface area contributed by atoms with Crippen LogP contribution in [-0.4, -0.2) is 25.1 Å². The number of likely N-dealkylation sites (N-methyl/N-ethyl adjacent to an activating group) is 1. The number of pyridine rings is 1. The minimum absolute atomic E-state index is 0.754. The van der Waals surface area contributed by atoms with Crippen LogP contribution in [0.25, 0.3) is 0 Å². The van der Waals surface area contributed by atoms with Gasteiger partial charge in [-0.05, 0) is 38.7 Å². The molecule has 0 atom stereocenters. The highest BCUT2D eigenvalue weighted by Crippen LogP contribution is 1.90. The van der Waals surface area contributed by atoms with Crippen LogP contribution in [-0.2, 0) is 6.54 Å². The third kappa shape index (κ3) is 11.2. The van der Waals surface area contributed by atoms with Crippen LogP contribution in [0.15, 0.2) is 48.3 Å². The van der Waals surface area contributed by atoms with Crippen molar-refractivity contribution in [2.24, 2.45) is 5.73 Å². The highest BCUT2D eigenvalue weighted by atomic mass is 14.9. The molecule has 0 fully saturated rings. The lowest BCUT2D eigenvalue weighted by Gasteiger charge is -1.98. The number of aromatic nitrogens is 1. The number of allylic oxidation sites excluding steroid dienone is 3. The van der Waals surface area contributed by atoms with Gasteiger partial charge in [0.05, 0.1) is 5.69 Å². The van der Waals surface area contributed by atoms with Crippen molar-refractivity contribution < 1.29 is 0 Å². The summed E-state index contributed by atoms with van der Waals surface area (Å²) in [6.07, 6.45) is 7.57. The van der Waals surface area contributed by atoms with Crippen molar-refractivity contribution in [2.45, 2.75) is 20.4 Å². The first-order valence-corrected chi connectivity index (χ1v) is 6.57. The van der Waals surface area contributed by atoms with Gasteiger partial charge in [0.25, 0.3) is 0 Å². The van der Waals surface area contributed by atoms with E-state index in [0.717, 1.165) is 31.0 Å². The normalized spacial score (nSPS) is 11.2. The third-order valence-corrected chi connectivity index (χ3v) is 2.17. The number of nitrogens with two attached hydrogens (primary N) is 1. The first-order valence-electron chi connectivity index (χ1n) is 6.57. The van der Waals surface area contributed by atoms with Crippen molar-refractivity contribution in [3.63, 3.8) is 0 Å². The number of hydrogen-bond acceptors (Lipinski definition) is 4. The molecule has 4 N–H and O–H groups in total. The van der Waals surface area contributed by atoms with Gasteiger partial charge in [-0.15, -0.1) is 0 Å². The molecule has 0 aliphatic carbocycles. The van der Waals surface area contributed by atoms with Crippen LogP contribution < -0.4 is 16.4 Å². The van der Waals surface area contributed by atoms with Crippen molar-refractivity contribution in [3.05, 3.63) is 54.0 Å². The molecule has 0 unspecified atom stereocenters. The Morgan fingerprint density at radius 1 is 1.42 bits per heavy atom. The van der Waals surface area contributed by atoms with Gasteiger partial charge < -0.3 is 16.4 Å². The van der Waals surface area contributed by atoms with Gasteiger partial charge in [-0.3, -0.25) is 4.98 Å². The molecule has 0 saturated heterocycles. The molecule has 0 amide bonds. The smallest absolute Gasteiger partial charge is 0.0541 e. The Balaban J connectivity index is 0.000000344. The standard InChI is InChI=1S/C8H12N2.C7H14N2/c1-2-9-7-8-5-3-4-6-10-8;1-3-4-5-7(8)6-9-2/h3-6,9H,2,7H2,1H3;3-5,9H,6,8H2,1-2H3/b;4-3-,7-5-. The van der Waals surface area contributed by atoms with E-state index >= 15 is 0 Å².